The summed E-state index contributed by atoms with van der Waals surface area (Å²) in [4.78, 5) is 5.75. The van der Waals surface area contributed by atoms with E-state index in [4.69, 9.17) is 19.3 Å². The lowest BCUT2D eigenvalue weighted by molar-refractivity contribution is 0.171. The highest BCUT2D eigenvalue weighted by atomic mass is 32.1. The normalized spacial score (nSPS) is 12.3. The fourth-order valence-electron chi connectivity index (χ4n) is 3.31. The van der Waals surface area contributed by atoms with Gasteiger partial charge < -0.3 is 19.5 Å². The van der Waals surface area contributed by atoms with Gasteiger partial charge in [0, 0.05) is 12.7 Å². The Bertz CT molecular complexity index is 1170. The third-order valence-corrected chi connectivity index (χ3v) is 6.63. The summed E-state index contributed by atoms with van der Waals surface area (Å²) in [7, 11) is 1.63. The maximum atomic E-state index is 5.50. The van der Waals surface area contributed by atoms with Gasteiger partial charge in [-0.2, -0.15) is 16.4 Å². The highest BCUT2D eigenvalue weighted by molar-refractivity contribution is 7.19. The van der Waals surface area contributed by atoms with Gasteiger partial charge in [-0.15, -0.1) is 0 Å². The molecule has 1 aromatic carbocycles. The van der Waals surface area contributed by atoms with Crippen LogP contribution in [-0.4, -0.2) is 28.7 Å². The minimum Gasteiger partial charge on any atom is -0.493 e. The van der Waals surface area contributed by atoms with Crippen LogP contribution < -0.4 is 19.5 Å². The number of hydrogen-bond acceptors (Lipinski definition) is 8. The highest BCUT2D eigenvalue weighted by Gasteiger charge is 2.20. The van der Waals surface area contributed by atoms with Gasteiger partial charge in [0.25, 0.3) is 0 Å². The molecule has 1 aliphatic heterocycles. The molecule has 5 rings (SSSR count). The number of rotatable bonds is 7. The van der Waals surface area contributed by atoms with Gasteiger partial charge in [-0.25, -0.2) is 4.98 Å². The SMILES string of the molecule is COc1cc(CNc2nc(C)c(-c3ccn(Cc4ccsc4)n3)s2)cc2c1OCO2. The second-order valence-corrected chi connectivity index (χ2v) is 8.63. The van der Waals surface area contributed by atoms with E-state index in [2.05, 4.69) is 27.1 Å². The lowest BCUT2D eigenvalue weighted by Crippen LogP contribution is -1.99. The van der Waals surface area contributed by atoms with Gasteiger partial charge >= 0.3 is 0 Å². The predicted octanol–water partition coefficient (Wildman–Crippen LogP) is 4.77. The van der Waals surface area contributed by atoms with Crippen molar-refractivity contribution in [2.75, 3.05) is 19.2 Å². The molecule has 0 atom stereocenters. The Morgan fingerprint density at radius 3 is 3.00 bits per heavy atom. The Morgan fingerprint density at radius 2 is 2.17 bits per heavy atom. The maximum absolute atomic E-state index is 5.50. The summed E-state index contributed by atoms with van der Waals surface area (Å²) in [6, 6.07) is 8.08. The van der Waals surface area contributed by atoms with Crippen LogP contribution in [0.5, 0.6) is 17.2 Å². The van der Waals surface area contributed by atoms with Crippen LogP contribution in [0.3, 0.4) is 0 Å². The number of nitrogens with one attached hydrogen (secondary N) is 1. The molecule has 30 heavy (non-hydrogen) atoms. The summed E-state index contributed by atoms with van der Waals surface area (Å²) in [5.41, 5.74) is 4.20. The summed E-state index contributed by atoms with van der Waals surface area (Å²) < 4.78 is 18.3. The predicted molar refractivity (Wildman–Crippen MR) is 118 cm³/mol. The van der Waals surface area contributed by atoms with E-state index in [0.29, 0.717) is 23.8 Å². The van der Waals surface area contributed by atoms with Crippen molar-refractivity contribution < 1.29 is 14.2 Å². The van der Waals surface area contributed by atoms with E-state index in [1.54, 1.807) is 29.8 Å². The summed E-state index contributed by atoms with van der Waals surface area (Å²) in [6.45, 7) is 3.61. The first-order valence-electron chi connectivity index (χ1n) is 9.42. The number of hydrogen-bond donors (Lipinski definition) is 1. The van der Waals surface area contributed by atoms with Gasteiger partial charge in [0.15, 0.2) is 16.6 Å². The molecule has 1 aliphatic rings. The highest BCUT2D eigenvalue weighted by Crippen LogP contribution is 2.42. The van der Waals surface area contributed by atoms with Crippen LogP contribution >= 0.6 is 22.7 Å². The van der Waals surface area contributed by atoms with Gasteiger partial charge in [0.05, 0.1) is 24.2 Å². The fourth-order valence-corrected chi connectivity index (χ4v) is 4.90. The van der Waals surface area contributed by atoms with Gasteiger partial charge in [-0.3, -0.25) is 4.68 Å². The molecule has 3 aromatic heterocycles. The number of thiazole rings is 1. The van der Waals surface area contributed by atoms with Gasteiger partial charge in [0.1, 0.15) is 5.69 Å². The molecule has 9 heteroatoms. The van der Waals surface area contributed by atoms with Crippen LogP contribution in [0.15, 0.2) is 41.2 Å². The third-order valence-electron chi connectivity index (χ3n) is 4.76. The molecule has 0 fully saturated rings. The van der Waals surface area contributed by atoms with E-state index < -0.39 is 0 Å². The zero-order valence-electron chi connectivity index (χ0n) is 16.5. The Kier molecular flexibility index (Phi) is 5.06. The topological polar surface area (TPSA) is 70.4 Å². The van der Waals surface area contributed by atoms with E-state index in [1.807, 2.05) is 36.0 Å². The molecule has 0 bridgehead atoms. The minimum atomic E-state index is 0.219. The fraction of sp³-hybridized carbons (Fsp3) is 0.238. The zero-order chi connectivity index (χ0) is 20.5. The quantitative estimate of drug-likeness (QED) is 0.446. The first-order chi connectivity index (χ1) is 14.7. The second kappa shape index (κ2) is 8.00. The Hall–Kier alpha value is -3.04. The first-order valence-corrected chi connectivity index (χ1v) is 11.2. The molecule has 0 radical (unpaired) electrons. The van der Waals surface area contributed by atoms with Gasteiger partial charge in [0.2, 0.25) is 12.5 Å². The van der Waals surface area contributed by atoms with Crippen molar-refractivity contribution in [3.63, 3.8) is 0 Å². The summed E-state index contributed by atoms with van der Waals surface area (Å²) in [5.74, 6) is 2.04. The Morgan fingerprint density at radius 1 is 1.23 bits per heavy atom. The average Bonchev–Trinajstić information content (AvgIpc) is 3.53. The molecule has 154 valence electrons. The van der Waals surface area contributed by atoms with Crippen molar-refractivity contribution in [3.8, 4) is 27.8 Å². The number of nitrogens with zero attached hydrogens (tertiary/aromatic N) is 3. The number of thiophene rings is 1. The smallest absolute Gasteiger partial charge is 0.231 e. The molecule has 0 saturated carbocycles. The number of methoxy groups -OCH3 is 1. The molecule has 7 nitrogen and oxygen atoms in total. The number of ether oxygens (including phenoxy) is 3. The van der Waals surface area contributed by atoms with E-state index in [9.17, 15) is 0 Å². The van der Waals surface area contributed by atoms with Gasteiger partial charge in [-0.1, -0.05) is 11.3 Å². The molecular weight excluding hydrogens is 420 g/mol. The van der Waals surface area contributed by atoms with E-state index >= 15 is 0 Å². The number of fused-ring (bicyclic) bond motifs is 1. The standard InChI is InChI=1S/C21H20N4O3S2/c1-13-20(16-3-5-25(24-16)10-14-4-6-29-11-14)30-21(23-13)22-9-15-7-17(26-2)19-18(8-15)27-12-28-19/h3-8,11H,9-10,12H2,1-2H3,(H,22,23). The molecule has 0 amide bonds. The lowest BCUT2D eigenvalue weighted by atomic mass is 10.2. The molecule has 0 saturated heterocycles. The minimum absolute atomic E-state index is 0.219. The first kappa shape index (κ1) is 19.0. The van der Waals surface area contributed by atoms with E-state index in [1.165, 1.54) is 5.56 Å². The van der Waals surface area contributed by atoms with Crippen molar-refractivity contribution in [3.05, 3.63) is 58.0 Å². The molecule has 0 unspecified atom stereocenters. The number of aryl methyl sites for hydroxylation is 1. The van der Waals surface area contributed by atoms with Crippen molar-refractivity contribution in [2.45, 2.75) is 20.0 Å². The third kappa shape index (κ3) is 3.73. The number of anilines is 1. The second-order valence-electron chi connectivity index (χ2n) is 6.85. The van der Waals surface area contributed by atoms with Crippen molar-refractivity contribution in [1.82, 2.24) is 14.8 Å². The summed E-state index contributed by atoms with van der Waals surface area (Å²) in [5, 5.41) is 13.2. The lowest BCUT2D eigenvalue weighted by Gasteiger charge is -2.08. The van der Waals surface area contributed by atoms with Crippen molar-refractivity contribution in [2.24, 2.45) is 0 Å². The van der Waals surface area contributed by atoms with Gasteiger partial charge in [-0.05, 0) is 53.1 Å². The molecule has 4 heterocycles. The number of benzene rings is 1. The molecule has 0 aliphatic carbocycles. The van der Waals surface area contributed by atoms with Crippen LogP contribution in [0.4, 0.5) is 5.13 Å². The Balaban J connectivity index is 1.30. The molecule has 4 aromatic rings. The van der Waals surface area contributed by atoms with Crippen LogP contribution in [0.2, 0.25) is 0 Å². The Labute approximate surface area is 181 Å². The summed E-state index contributed by atoms with van der Waals surface area (Å²) >= 11 is 3.31. The van der Waals surface area contributed by atoms with Crippen molar-refractivity contribution in [1.29, 1.82) is 0 Å². The molecule has 0 spiro atoms. The molecule has 1 N–H and O–H groups in total. The average molecular weight is 441 g/mol. The van der Waals surface area contributed by atoms with Crippen LogP contribution in [0, 0.1) is 6.92 Å². The largest absolute Gasteiger partial charge is 0.493 e. The van der Waals surface area contributed by atoms with Crippen molar-refractivity contribution >= 4 is 27.8 Å². The van der Waals surface area contributed by atoms with E-state index in [-0.39, 0.29) is 6.79 Å². The number of aromatic nitrogens is 3. The molecular formula is C21H20N4O3S2. The monoisotopic (exact) mass is 440 g/mol. The van der Waals surface area contributed by atoms with Crippen LogP contribution in [-0.2, 0) is 13.1 Å². The summed E-state index contributed by atoms with van der Waals surface area (Å²) in [6.07, 6.45) is 2.01. The van der Waals surface area contributed by atoms with Crippen LogP contribution in [0.25, 0.3) is 10.6 Å². The zero-order valence-corrected chi connectivity index (χ0v) is 18.2. The maximum Gasteiger partial charge on any atom is 0.231 e. The van der Waals surface area contributed by atoms with Crippen LogP contribution in [0.1, 0.15) is 16.8 Å². The van der Waals surface area contributed by atoms with E-state index in [0.717, 1.165) is 33.5 Å².